The molecule has 0 radical (unpaired) electrons. The number of likely N-dealkylation sites (tertiary alicyclic amines) is 1. The van der Waals surface area contributed by atoms with Crippen LogP contribution in [0.4, 0.5) is 10.1 Å². The molecular weight excluding hydrogens is 395 g/mol. The molecule has 0 aromatic heterocycles. The van der Waals surface area contributed by atoms with Crippen LogP contribution in [0.15, 0.2) is 24.3 Å². The lowest BCUT2D eigenvalue weighted by atomic mass is 9.57. The summed E-state index contributed by atoms with van der Waals surface area (Å²) in [6, 6.07) is 9.38. The number of halogens is 1. The van der Waals surface area contributed by atoms with Crippen molar-refractivity contribution in [1.82, 2.24) is 10.2 Å². The maximum Gasteiger partial charge on any atom is 0.237 e. The number of carbonyl (C=O) groups is 2. The smallest absolute Gasteiger partial charge is 0.237 e. The van der Waals surface area contributed by atoms with Crippen LogP contribution in [0, 0.1) is 16.7 Å². The molecule has 3 aliphatic carbocycles. The van der Waals surface area contributed by atoms with Gasteiger partial charge in [0.2, 0.25) is 11.8 Å². The van der Waals surface area contributed by atoms with Gasteiger partial charge in [-0.2, -0.15) is 5.26 Å². The third-order valence-electron chi connectivity index (χ3n) is 7.68. The molecule has 3 saturated carbocycles. The highest BCUT2D eigenvalue weighted by Gasteiger charge is 2.52. The number of alkyl halides is 1. The number of hydrogen-bond acceptors (Lipinski definition) is 4. The molecule has 2 atom stereocenters. The van der Waals surface area contributed by atoms with E-state index >= 15 is 0 Å². The Kier molecular flexibility index (Phi) is 6.02. The predicted molar refractivity (Wildman–Crippen MR) is 116 cm³/mol. The highest BCUT2D eigenvalue weighted by Crippen LogP contribution is 2.52. The van der Waals surface area contributed by atoms with E-state index in [-0.39, 0.29) is 42.3 Å². The van der Waals surface area contributed by atoms with Gasteiger partial charge in [-0.15, -0.1) is 0 Å². The molecule has 1 aliphatic heterocycles. The third kappa shape index (κ3) is 4.31. The molecule has 31 heavy (non-hydrogen) atoms. The van der Waals surface area contributed by atoms with Crippen molar-refractivity contribution in [3.8, 4) is 6.07 Å². The number of hydrogen-bond donors (Lipinski definition) is 2. The second-order valence-electron chi connectivity index (χ2n) is 9.44. The van der Waals surface area contributed by atoms with E-state index in [4.69, 9.17) is 5.26 Å². The summed E-state index contributed by atoms with van der Waals surface area (Å²) in [6.45, 7) is 2.23. The van der Waals surface area contributed by atoms with Crippen molar-refractivity contribution in [2.24, 2.45) is 5.41 Å². The van der Waals surface area contributed by atoms with Crippen LogP contribution in [0.3, 0.4) is 0 Å². The molecule has 6 nitrogen and oxygen atoms in total. The van der Waals surface area contributed by atoms with Crippen molar-refractivity contribution in [3.05, 3.63) is 29.8 Å². The summed E-state index contributed by atoms with van der Waals surface area (Å²) in [5.74, 6) is -0.110. The molecular formula is C24H31FN4O2. The maximum atomic E-state index is 13.6. The monoisotopic (exact) mass is 426 g/mol. The molecule has 1 heterocycles. The van der Waals surface area contributed by atoms with Gasteiger partial charge >= 0.3 is 0 Å². The van der Waals surface area contributed by atoms with Crippen LogP contribution in [0.2, 0.25) is 0 Å². The lowest BCUT2D eigenvalue weighted by Crippen LogP contribution is -2.59. The van der Waals surface area contributed by atoms with E-state index in [9.17, 15) is 14.0 Å². The first kappa shape index (κ1) is 21.8. The summed E-state index contributed by atoms with van der Waals surface area (Å²) < 4.78 is 13.6. The number of fused-ring (bicyclic) bond motifs is 3. The summed E-state index contributed by atoms with van der Waals surface area (Å²) in [4.78, 5) is 27.0. The molecule has 2 unspecified atom stereocenters. The van der Waals surface area contributed by atoms with Gasteiger partial charge in [-0.05, 0) is 62.6 Å². The van der Waals surface area contributed by atoms with Gasteiger partial charge < -0.3 is 15.5 Å². The third-order valence-corrected chi connectivity index (χ3v) is 7.68. The zero-order chi connectivity index (χ0) is 22.1. The fraction of sp³-hybridized carbons (Fsp3) is 0.625. The van der Waals surface area contributed by atoms with E-state index in [0.29, 0.717) is 0 Å². The number of aryl methyl sites for hydroxylation is 1. The second-order valence-corrected chi connectivity index (χ2v) is 9.44. The first-order chi connectivity index (χ1) is 14.9. The lowest BCUT2D eigenvalue weighted by Gasteiger charge is -2.52. The summed E-state index contributed by atoms with van der Waals surface area (Å²) in [6.07, 6.45) is 4.87. The Bertz CT molecular complexity index is 854. The topological polar surface area (TPSA) is 85.2 Å². The SMILES string of the molecule is CCc1ccc(NC(=O)C23CCC(NCC(=O)N4CC(F)CC4C#N)(CC2)CC3)cc1. The number of rotatable bonds is 6. The number of benzene rings is 1. The van der Waals surface area contributed by atoms with E-state index in [1.54, 1.807) is 0 Å². The minimum Gasteiger partial charge on any atom is -0.326 e. The first-order valence-corrected chi connectivity index (χ1v) is 11.4. The van der Waals surface area contributed by atoms with Gasteiger partial charge in [-0.3, -0.25) is 9.59 Å². The summed E-state index contributed by atoms with van der Waals surface area (Å²) in [5, 5.41) is 15.7. The van der Waals surface area contributed by atoms with Crippen LogP contribution in [0.25, 0.3) is 0 Å². The number of amides is 2. The number of anilines is 1. The van der Waals surface area contributed by atoms with Crippen LogP contribution < -0.4 is 10.6 Å². The lowest BCUT2D eigenvalue weighted by molar-refractivity contribution is -0.135. The Morgan fingerprint density at radius 2 is 1.81 bits per heavy atom. The molecule has 7 heteroatoms. The van der Waals surface area contributed by atoms with E-state index in [1.165, 1.54) is 10.5 Å². The number of carbonyl (C=O) groups excluding carboxylic acids is 2. The van der Waals surface area contributed by atoms with Crippen LogP contribution in [-0.4, -0.2) is 47.6 Å². The molecule has 2 amide bonds. The van der Waals surface area contributed by atoms with Gasteiger partial charge in [0.25, 0.3) is 0 Å². The fourth-order valence-corrected chi connectivity index (χ4v) is 5.43. The van der Waals surface area contributed by atoms with Crippen LogP contribution >= 0.6 is 0 Å². The van der Waals surface area contributed by atoms with Gasteiger partial charge in [0, 0.05) is 23.1 Å². The van der Waals surface area contributed by atoms with E-state index < -0.39 is 12.2 Å². The fourth-order valence-electron chi connectivity index (χ4n) is 5.43. The van der Waals surface area contributed by atoms with Crippen molar-refractivity contribution >= 4 is 17.5 Å². The average Bonchev–Trinajstić information content (AvgIpc) is 3.20. The zero-order valence-electron chi connectivity index (χ0n) is 18.1. The molecule has 1 aromatic carbocycles. The van der Waals surface area contributed by atoms with Gasteiger partial charge in [0.05, 0.1) is 19.2 Å². The Balaban J connectivity index is 1.31. The minimum absolute atomic E-state index is 0.00819. The van der Waals surface area contributed by atoms with Gasteiger partial charge in [-0.25, -0.2) is 4.39 Å². The second kappa shape index (κ2) is 8.58. The zero-order valence-corrected chi connectivity index (χ0v) is 18.1. The average molecular weight is 427 g/mol. The van der Waals surface area contributed by atoms with Gasteiger partial charge in [0.15, 0.2) is 0 Å². The molecule has 166 valence electrons. The Morgan fingerprint density at radius 1 is 1.16 bits per heavy atom. The standard InChI is InChI=1S/C24H31FN4O2/c1-2-17-3-5-19(6-4-17)28-22(31)23-7-10-24(11-8-23,12-9-23)27-15-21(30)29-16-18(25)13-20(29)14-26/h3-6,18,20,27H,2,7-13,15-16H2,1H3,(H,28,31). The quantitative estimate of drug-likeness (QED) is 0.731. The largest absolute Gasteiger partial charge is 0.326 e. The highest BCUT2D eigenvalue weighted by atomic mass is 19.1. The van der Waals surface area contributed by atoms with Crippen LogP contribution in [-0.2, 0) is 16.0 Å². The Labute approximate surface area is 183 Å². The Morgan fingerprint density at radius 3 is 2.39 bits per heavy atom. The van der Waals surface area contributed by atoms with Crippen LogP contribution in [0.5, 0.6) is 0 Å². The van der Waals surface area contributed by atoms with E-state index in [2.05, 4.69) is 17.6 Å². The molecule has 1 saturated heterocycles. The van der Waals surface area contributed by atoms with Gasteiger partial charge in [0.1, 0.15) is 12.2 Å². The summed E-state index contributed by atoms with van der Waals surface area (Å²) in [7, 11) is 0. The number of nitrogens with one attached hydrogen (secondary N) is 2. The number of nitrogens with zero attached hydrogens (tertiary/aromatic N) is 2. The van der Waals surface area contributed by atoms with E-state index in [0.717, 1.165) is 50.6 Å². The molecule has 5 rings (SSSR count). The minimum atomic E-state index is -1.12. The first-order valence-electron chi connectivity index (χ1n) is 11.4. The molecule has 2 bridgehead atoms. The normalized spacial score (nSPS) is 32.0. The molecule has 4 aliphatic rings. The maximum absolute atomic E-state index is 13.6. The predicted octanol–water partition coefficient (Wildman–Crippen LogP) is 3.33. The highest BCUT2D eigenvalue weighted by molar-refractivity contribution is 5.95. The van der Waals surface area contributed by atoms with Crippen molar-refractivity contribution in [2.45, 2.75) is 76.0 Å². The van der Waals surface area contributed by atoms with Crippen molar-refractivity contribution in [3.63, 3.8) is 0 Å². The molecule has 4 fully saturated rings. The van der Waals surface area contributed by atoms with Crippen molar-refractivity contribution in [2.75, 3.05) is 18.4 Å². The summed E-state index contributed by atoms with van der Waals surface area (Å²) >= 11 is 0. The molecule has 2 N–H and O–H groups in total. The number of nitriles is 1. The summed E-state index contributed by atoms with van der Waals surface area (Å²) in [5.41, 5.74) is 1.61. The van der Waals surface area contributed by atoms with Crippen molar-refractivity contribution < 1.29 is 14.0 Å². The van der Waals surface area contributed by atoms with Crippen molar-refractivity contribution in [1.29, 1.82) is 5.26 Å². The van der Waals surface area contributed by atoms with E-state index in [1.807, 2.05) is 30.3 Å². The van der Waals surface area contributed by atoms with Crippen LogP contribution in [0.1, 0.15) is 57.4 Å². The molecule has 1 aromatic rings. The van der Waals surface area contributed by atoms with Gasteiger partial charge in [-0.1, -0.05) is 19.1 Å². The molecule has 0 spiro atoms. The Hall–Kier alpha value is -2.46.